The smallest absolute Gasteiger partial charge is 0.336 e. The number of carboxylic acids is 1. The number of phenolic OH excluding ortho intramolecular Hbond substituents is 1. The van der Waals surface area contributed by atoms with Gasteiger partial charge in [-0.3, -0.25) is 4.79 Å². The van der Waals surface area contributed by atoms with Crippen LogP contribution < -0.4 is 0 Å². The standard InChI is InChI=1S/C20H14O4/c21-16-12-11-15(20(23)24)18(17(16)13-7-3-1-4-8-13)19(22)14-9-5-2-6-10-14/h1-12,21H,(H,23,24). The minimum Gasteiger partial charge on any atom is -0.507 e. The first-order valence-electron chi connectivity index (χ1n) is 7.34. The Morgan fingerprint density at radius 1 is 0.750 bits per heavy atom. The molecule has 0 spiro atoms. The molecular weight excluding hydrogens is 304 g/mol. The van der Waals surface area contributed by atoms with Crippen LogP contribution in [0.15, 0.2) is 72.8 Å². The van der Waals surface area contributed by atoms with Crippen molar-refractivity contribution in [2.24, 2.45) is 0 Å². The second kappa shape index (κ2) is 6.38. The fraction of sp³-hybridized carbons (Fsp3) is 0. The third kappa shape index (κ3) is 2.77. The molecule has 3 aromatic rings. The number of benzene rings is 3. The Labute approximate surface area is 138 Å². The number of carbonyl (C=O) groups excluding carboxylic acids is 1. The highest BCUT2D eigenvalue weighted by Gasteiger charge is 2.25. The number of ketones is 1. The van der Waals surface area contributed by atoms with Gasteiger partial charge in [-0.25, -0.2) is 4.79 Å². The molecule has 0 saturated heterocycles. The first-order chi connectivity index (χ1) is 11.6. The van der Waals surface area contributed by atoms with Crippen molar-refractivity contribution in [3.63, 3.8) is 0 Å². The molecule has 118 valence electrons. The van der Waals surface area contributed by atoms with Gasteiger partial charge in [-0.2, -0.15) is 0 Å². The van der Waals surface area contributed by atoms with E-state index in [1.54, 1.807) is 60.7 Å². The van der Waals surface area contributed by atoms with Gasteiger partial charge in [0.05, 0.1) is 5.56 Å². The highest BCUT2D eigenvalue weighted by Crippen LogP contribution is 2.36. The third-order valence-electron chi connectivity index (χ3n) is 3.74. The summed E-state index contributed by atoms with van der Waals surface area (Å²) < 4.78 is 0. The molecule has 0 atom stereocenters. The van der Waals surface area contributed by atoms with E-state index in [0.717, 1.165) is 0 Å². The average molecular weight is 318 g/mol. The molecule has 24 heavy (non-hydrogen) atoms. The molecule has 0 radical (unpaired) electrons. The van der Waals surface area contributed by atoms with Gasteiger partial charge in [0.2, 0.25) is 0 Å². The molecule has 0 heterocycles. The summed E-state index contributed by atoms with van der Waals surface area (Å²) >= 11 is 0. The highest BCUT2D eigenvalue weighted by molar-refractivity contribution is 6.18. The molecular formula is C20H14O4. The van der Waals surface area contributed by atoms with Crippen molar-refractivity contribution in [2.75, 3.05) is 0 Å². The molecule has 0 amide bonds. The lowest BCUT2D eigenvalue weighted by Gasteiger charge is -2.14. The van der Waals surface area contributed by atoms with Crippen LogP contribution in [-0.4, -0.2) is 22.0 Å². The second-order valence-electron chi connectivity index (χ2n) is 5.25. The zero-order valence-electron chi connectivity index (χ0n) is 12.6. The van der Waals surface area contributed by atoms with Gasteiger partial charge in [-0.1, -0.05) is 60.7 Å². The lowest BCUT2D eigenvalue weighted by atomic mass is 9.89. The molecule has 0 saturated carbocycles. The van der Waals surface area contributed by atoms with E-state index in [1.165, 1.54) is 12.1 Å². The van der Waals surface area contributed by atoms with Crippen LogP contribution in [0.5, 0.6) is 5.75 Å². The van der Waals surface area contributed by atoms with E-state index in [2.05, 4.69) is 0 Å². The summed E-state index contributed by atoms with van der Waals surface area (Å²) in [6.07, 6.45) is 0. The summed E-state index contributed by atoms with van der Waals surface area (Å²) in [6.45, 7) is 0. The van der Waals surface area contributed by atoms with E-state index >= 15 is 0 Å². The Morgan fingerprint density at radius 2 is 1.33 bits per heavy atom. The highest BCUT2D eigenvalue weighted by atomic mass is 16.4. The van der Waals surface area contributed by atoms with E-state index in [4.69, 9.17) is 0 Å². The summed E-state index contributed by atoms with van der Waals surface area (Å²) in [6, 6.07) is 19.8. The van der Waals surface area contributed by atoms with E-state index in [1.807, 2.05) is 0 Å². The summed E-state index contributed by atoms with van der Waals surface area (Å²) in [5.41, 5.74) is 1.02. The monoisotopic (exact) mass is 318 g/mol. The zero-order valence-corrected chi connectivity index (χ0v) is 12.6. The maximum atomic E-state index is 12.9. The molecule has 3 rings (SSSR count). The maximum Gasteiger partial charge on any atom is 0.336 e. The van der Waals surface area contributed by atoms with E-state index in [0.29, 0.717) is 11.1 Å². The average Bonchev–Trinajstić information content (AvgIpc) is 2.62. The predicted octanol–water partition coefficient (Wildman–Crippen LogP) is 3.99. The van der Waals surface area contributed by atoms with Crippen molar-refractivity contribution in [1.29, 1.82) is 0 Å². The molecule has 4 heteroatoms. The van der Waals surface area contributed by atoms with Gasteiger partial charge in [0, 0.05) is 16.7 Å². The Hall–Kier alpha value is -3.40. The number of phenols is 1. The normalized spacial score (nSPS) is 10.3. The van der Waals surface area contributed by atoms with Crippen LogP contribution in [-0.2, 0) is 0 Å². The van der Waals surface area contributed by atoms with Crippen LogP contribution in [0.4, 0.5) is 0 Å². The predicted molar refractivity (Wildman–Crippen MR) is 90.4 cm³/mol. The van der Waals surface area contributed by atoms with Crippen molar-refractivity contribution in [3.05, 3.63) is 89.5 Å². The number of carboxylic acid groups (broad SMARTS) is 1. The van der Waals surface area contributed by atoms with Crippen LogP contribution in [0.3, 0.4) is 0 Å². The molecule has 0 aromatic heterocycles. The van der Waals surface area contributed by atoms with Crippen molar-refractivity contribution in [3.8, 4) is 16.9 Å². The molecule has 0 unspecified atom stereocenters. The Balaban J connectivity index is 2.32. The summed E-state index contributed by atoms with van der Waals surface area (Å²) in [5.74, 6) is -1.79. The minimum atomic E-state index is -1.22. The van der Waals surface area contributed by atoms with Crippen LogP contribution in [0.2, 0.25) is 0 Å². The lowest BCUT2D eigenvalue weighted by Crippen LogP contribution is -2.11. The van der Waals surface area contributed by atoms with Gasteiger partial charge >= 0.3 is 5.97 Å². The van der Waals surface area contributed by atoms with E-state index in [-0.39, 0.29) is 22.4 Å². The number of rotatable bonds is 4. The quantitative estimate of drug-likeness (QED) is 0.713. The van der Waals surface area contributed by atoms with Gasteiger partial charge in [-0.15, -0.1) is 0 Å². The molecule has 3 aromatic carbocycles. The third-order valence-corrected chi connectivity index (χ3v) is 3.74. The van der Waals surface area contributed by atoms with Gasteiger partial charge in [0.25, 0.3) is 0 Å². The molecule has 0 bridgehead atoms. The zero-order chi connectivity index (χ0) is 17.1. The number of aromatic carboxylic acids is 1. The van der Waals surface area contributed by atoms with Crippen molar-refractivity contribution in [2.45, 2.75) is 0 Å². The van der Waals surface area contributed by atoms with Crippen LogP contribution in [0, 0.1) is 0 Å². The molecule has 4 nitrogen and oxygen atoms in total. The fourth-order valence-corrected chi connectivity index (χ4v) is 2.64. The summed E-state index contributed by atoms with van der Waals surface area (Å²) in [7, 11) is 0. The number of hydrogen-bond acceptors (Lipinski definition) is 3. The van der Waals surface area contributed by atoms with Crippen LogP contribution in [0.25, 0.3) is 11.1 Å². The van der Waals surface area contributed by atoms with Crippen molar-refractivity contribution >= 4 is 11.8 Å². The molecule has 0 aliphatic carbocycles. The molecule has 0 aliphatic rings. The Kier molecular flexibility index (Phi) is 4.12. The van der Waals surface area contributed by atoms with E-state index < -0.39 is 11.8 Å². The van der Waals surface area contributed by atoms with Gasteiger partial charge in [0.1, 0.15) is 5.75 Å². The summed E-state index contributed by atoms with van der Waals surface area (Å²) in [4.78, 5) is 24.6. The summed E-state index contributed by atoms with van der Waals surface area (Å²) in [5, 5.41) is 19.8. The number of hydrogen-bond donors (Lipinski definition) is 2. The largest absolute Gasteiger partial charge is 0.507 e. The number of carbonyl (C=O) groups is 2. The molecule has 0 aliphatic heterocycles. The second-order valence-corrected chi connectivity index (χ2v) is 5.25. The van der Waals surface area contributed by atoms with Gasteiger partial charge in [0.15, 0.2) is 5.78 Å². The van der Waals surface area contributed by atoms with Gasteiger partial charge in [-0.05, 0) is 17.7 Å². The SMILES string of the molecule is O=C(O)c1ccc(O)c(-c2ccccc2)c1C(=O)c1ccccc1. The van der Waals surface area contributed by atoms with Crippen molar-refractivity contribution < 1.29 is 19.8 Å². The lowest BCUT2D eigenvalue weighted by molar-refractivity contribution is 0.0693. The fourth-order valence-electron chi connectivity index (χ4n) is 2.64. The molecule has 2 N–H and O–H groups in total. The van der Waals surface area contributed by atoms with Crippen LogP contribution >= 0.6 is 0 Å². The van der Waals surface area contributed by atoms with Crippen LogP contribution in [0.1, 0.15) is 26.3 Å². The van der Waals surface area contributed by atoms with Gasteiger partial charge < -0.3 is 10.2 Å². The first kappa shape index (κ1) is 15.5. The topological polar surface area (TPSA) is 74.6 Å². The Bertz CT molecular complexity index is 900. The van der Waals surface area contributed by atoms with E-state index in [9.17, 15) is 19.8 Å². The Morgan fingerprint density at radius 3 is 1.92 bits per heavy atom. The maximum absolute atomic E-state index is 12.9. The minimum absolute atomic E-state index is 0.0140. The molecule has 0 fully saturated rings. The first-order valence-corrected chi connectivity index (χ1v) is 7.34. The number of aromatic hydroxyl groups is 1. The van der Waals surface area contributed by atoms with Crippen molar-refractivity contribution in [1.82, 2.24) is 0 Å².